The zero-order valence-corrected chi connectivity index (χ0v) is 6.52. The number of rotatable bonds is 3. The standard InChI is InChI=1S/C8H15N/c1-4-6-8(3)9-7-5-2/h4,6H,5,7H2,1-3H3/b6-4-,9-8?. The molecule has 0 aliphatic carbocycles. The van der Waals surface area contributed by atoms with Crippen LogP contribution in [0.5, 0.6) is 0 Å². The highest BCUT2D eigenvalue weighted by atomic mass is 14.7. The van der Waals surface area contributed by atoms with Crippen LogP contribution in [0.1, 0.15) is 27.2 Å². The van der Waals surface area contributed by atoms with Crippen LogP contribution < -0.4 is 0 Å². The molecule has 1 heteroatoms. The van der Waals surface area contributed by atoms with Crippen LogP contribution in [0, 0.1) is 0 Å². The second-order valence-electron chi connectivity index (χ2n) is 2.02. The molecule has 0 aliphatic rings. The van der Waals surface area contributed by atoms with Crippen LogP contribution in [0.25, 0.3) is 0 Å². The molecule has 1 nitrogen and oxygen atoms in total. The molecule has 0 rings (SSSR count). The minimum Gasteiger partial charge on any atom is -0.290 e. The number of hydrogen-bond donors (Lipinski definition) is 0. The van der Waals surface area contributed by atoms with Crippen molar-refractivity contribution in [3.63, 3.8) is 0 Å². The number of nitrogens with zero attached hydrogens (tertiary/aromatic N) is 1. The molecule has 0 saturated heterocycles. The summed E-state index contributed by atoms with van der Waals surface area (Å²) >= 11 is 0. The summed E-state index contributed by atoms with van der Waals surface area (Å²) < 4.78 is 0. The number of aliphatic imine (C=N–C) groups is 1. The van der Waals surface area contributed by atoms with E-state index < -0.39 is 0 Å². The van der Waals surface area contributed by atoms with Crippen molar-refractivity contribution in [2.45, 2.75) is 27.2 Å². The number of hydrogen-bond acceptors (Lipinski definition) is 1. The van der Waals surface area contributed by atoms with Crippen molar-refractivity contribution in [3.05, 3.63) is 12.2 Å². The van der Waals surface area contributed by atoms with Gasteiger partial charge in [-0.2, -0.15) is 0 Å². The Balaban J connectivity index is 3.55. The minimum absolute atomic E-state index is 0.955. The van der Waals surface area contributed by atoms with Crippen molar-refractivity contribution in [1.82, 2.24) is 0 Å². The summed E-state index contributed by atoms with van der Waals surface area (Å²) in [4.78, 5) is 4.26. The van der Waals surface area contributed by atoms with E-state index >= 15 is 0 Å². The van der Waals surface area contributed by atoms with E-state index in [9.17, 15) is 0 Å². The normalized spacial score (nSPS) is 13.0. The van der Waals surface area contributed by atoms with E-state index in [2.05, 4.69) is 11.9 Å². The summed E-state index contributed by atoms with van der Waals surface area (Å²) in [7, 11) is 0. The molecule has 0 aromatic rings. The van der Waals surface area contributed by atoms with Gasteiger partial charge in [-0.1, -0.05) is 13.0 Å². The third-order valence-corrected chi connectivity index (χ3v) is 0.993. The van der Waals surface area contributed by atoms with Gasteiger partial charge in [-0.25, -0.2) is 0 Å². The van der Waals surface area contributed by atoms with Gasteiger partial charge in [0.25, 0.3) is 0 Å². The van der Waals surface area contributed by atoms with Crippen molar-refractivity contribution < 1.29 is 0 Å². The maximum atomic E-state index is 4.26. The second-order valence-corrected chi connectivity index (χ2v) is 2.02. The molecule has 0 fully saturated rings. The lowest BCUT2D eigenvalue weighted by atomic mass is 10.3. The summed E-state index contributed by atoms with van der Waals surface area (Å²) in [5, 5.41) is 0. The minimum atomic E-state index is 0.955. The molecule has 0 aliphatic heterocycles. The average molecular weight is 125 g/mol. The maximum Gasteiger partial charge on any atom is 0.0389 e. The van der Waals surface area contributed by atoms with Crippen molar-refractivity contribution in [3.8, 4) is 0 Å². The molecule has 0 amide bonds. The zero-order chi connectivity index (χ0) is 7.11. The molecule has 0 aromatic carbocycles. The number of allylic oxidation sites excluding steroid dienone is 2. The van der Waals surface area contributed by atoms with Gasteiger partial charge in [0.05, 0.1) is 0 Å². The van der Waals surface area contributed by atoms with E-state index in [0.29, 0.717) is 0 Å². The Bertz CT molecular complexity index is 112. The van der Waals surface area contributed by atoms with Gasteiger partial charge in [-0.3, -0.25) is 4.99 Å². The monoisotopic (exact) mass is 125 g/mol. The molecule has 52 valence electrons. The molecular weight excluding hydrogens is 110 g/mol. The van der Waals surface area contributed by atoms with Crippen LogP contribution in [0.3, 0.4) is 0 Å². The molecule has 0 radical (unpaired) electrons. The predicted octanol–water partition coefficient (Wildman–Crippen LogP) is 2.43. The molecule has 0 bridgehead atoms. The van der Waals surface area contributed by atoms with Gasteiger partial charge in [-0.05, 0) is 26.3 Å². The van der Waals surface area contributed by atoms with Gasteiger partial charge in [0.1, 0.15) is 0 Å². The highest BCUT2D eigenvalue weighted by molar-refractivity contribution is 5.92. The van der Waals surface area contributed by atoms with Gasteiger partial charge in [-0.15, -0.1) is 0 Å². The summed E-state index contributed by atoms with van der Waals surface area (Å²) in [6.45, 7) is 7.11. The SMILES string of the molecule is C/C=C\C(C)=NCCC. The van der Waals surface area contributed by atoms with E-state index in [4.69, 9.17) is 0 Å². The topological polar surface area (TPSA) is 12.4 Å². The highest BCUT2D eigenvalue weighted by Crippen LogP contribution is 1.83. The lowest BCUT2D eigenvalue weighted by molar-refractivity contribution is 0.932. The molecule has 0 unspecified atom stereocenters. The van der Waals surface area contributed by atoms with Crippen molar-refractivity contribution in [2.75, 3.05) is 6.54 Å². The summed E-state index contributed by atoms with van der Waals surface area (Å²) in [6.07, 6.45) is 5.17. The lowest BCUT2D eigenvalue weighted by Gasteiger charge is -1.88. The van der Waals surface area contributed by atoms with Gasteiger partial charge in [0.2, 0.25) is 0 Å². The third-order valence-electron chi connectivity index (χ3n) is 0.993. The van der Waals surface area contributed by atoms with Gasteiger partial charge >= 0.3 is 0 Å². The Morgan fingerprint density at radius 2 is 2.22 bits per heavy atom. The van der Waals surface area contributed by atoms with Crippen LogP contribution in [0.15, 0.2) is 17.1 Å². The van der Waals surface area contributed by atoms with Crippen molar-refractivity contribution >= 4 is 5.71 Å². The van der Waals surface area contributed by atoms with Crippen molar-refractivity contribution in [1.29, 1.82) is 0 Å². The zero-order valence-electron chi connectivity index (χ0n) is 6.52. The molecule has 0 aromatic heterocycles. The third kappa shape index (κ3) is 5.28. The molecule has 0 atom stereocenters. The Labute approximate surface area is 57.5 Å². The molecule has 9 heavy (non-hydrogen) atoms. The molecular formula is C8H15N. The van der Waals surface area contributed by atoms with Gasteiger partial charge in [0.15, 0.2) is 0 Å². The first-order valence-electron chi connectivity index (χ1n) is 3.45. The van der Waals surface area contributed by atoms with E-state index in [1.54, 1.807) is 0 Å². The van der Waals surface area contributed by atoms with Crippen LogP contribution in [0.2, 0.25) is 0 Å². The first kappa shape index (κ1) is 8.41. The fourth-order valence-electron chi connectivity index (χ4n) is 0.582. The van der Waals surface area contributed by atoms with Gasteiger partial charge < -0.3 is 0 Å². The average Bonchev–Trinajstić information content (AvgIpc) is 1.85. The molecule has 0 heterocycles. The van der Waals surface area contributed by atoms with Crippen LogP contribution in [0.4, 0.5) is 0 Å². The smallest absolute Gasteiger partial charge is 0.0389 e. The van der Waals surface area contributed by atoms with E-state index in [-0.39, 0.29) is 0 Å². The Morgan fingerprint density at radius 3 is 2.67 bits per heavy atom. The quantitative estimate of drug-likeness (QED) is 0.514. The Hall–Kier alpha value is -0.590. The van der Waals surface area contributed by atoms with Crippen LogP contribution >= 0.6 is 0 Å². The Kier molecular flexibility index (Phi) is 5.18. The molecule has 0 N–H and O–H groups in total. The van der Waals surface area contributed by atoms with Crippen LogP contribution in [-0.2, 0) is 0 Å². The van der Waals surface area contributed by atoms with E-state index in [0.717, 1.165) is 18.7 Å². The summed E-state index contributed by atoms with van der Waals surface area (Å²) in [5.41, 5.74) is 1.12. The highest BCUT2D eigenvalue weighted by Gasteiger charge is 1.78. The lowest BCUT2D eigenvalue weighted by Crippen LogP contribution is -1.86. The van der Waals surface area contributed by atoms with Gasteiger partial charge in [0, 0.05) is 12.3 Å². The maximum absolute atomic E-state index is 4.26. The first-order valence-corrected chi connectivity index (χ1v) is 3.45. The van der Waals surface area contributed by atoms with Crippen LogP contribution in [-0.4, -0.2) is 12.3 Å². The largest absolute Gasteiger partial charge is 0.290 e. The predicted molar refractivity (Wildman–Crippen MR) is 43.1 cm³/mol. The summed E-state index contributed by atoms with van der Waals surface area (Å²) in [5.74, 6) is 0. The fraction of sp³-hybridized carbons (Fsp3) is 0.625. The first-order chi connectivity index (χ1) is 4.31. The second kappa shape index (κ2) is 5.54. The van der Waals surface area contributed by atoms with E-state index in [1.807, 2.05) is 26.0 Å². The van der Waals surface area contributed by atoms with E-state index in [1.165, 1.54) is 0 Å². The van der Waals surface area contributed by atoms with Crippen molar-refractivity contribution in [2.24, 2.45) is 4.99 Å². The fourth-order valence-corrected chi connectivity index (χ4v) is 0.582. The summed E-state index contributed by atoms with van der Waals surface area (Å²) in [6, 6.07) is 0. The molecule has 0 spiro atoms. The molecule has 0 saturated carbocycles. The Morgan fingerprint density at radius 1 is 1.56 bits per heavy atom.